The van der Waals surface area contributed by atoms with E-state index in [1.165, 1.54) is 31.2 Å². The Kier molecular flexibility index (Phi) is 11.1. The van der Waals surface area contributed by atoms with Crippen LogP contribution in [0.4, 0.5) is 0 Å². The number of hydrogen-bond acceptors (Lipinski definition) is 4. The molecule has 0 amide bonds. The molecular weight excluding hydrogens is 490 g/mol. The lowest BCUT2D eigenvalue weighted by molar-refractivity contribution is -0.151. The average molecular weight is 544 g/mol. The van der Waals surface area contributed by atoms with Crippen LogP contribution in [0, 0.1) is 35.5 Å². The standard InChI is InChI=1S/C33H53NO5/c1-2-3-5-8-23-11-12-25(30(35)20-23)9-6-4-7-10-28(32(37)38)31(36)27-13-14-29-26(15-17-33(29,39)21-27)19-24-16-18-34-22-24/h11-12,16,18,22-23,25-31,34-36,39H,2-10,13-15,17,19-21H2,1H3,(H,37,38). The van der Waals surface area contributed by atoms with Crippen LogP contribution >= 0.6 is 0 Å². The van der Waals surface area contributed by atoms with Crippen LogP contribution in [0.5, 0.6) is 0 Å². The van der Waals surface area contributed by atoms with Crippen molar-refractivity contribution < 1.29 is 25.2 Å². The summed E-state index contributed by atoms with van der Waals surface area (Å²) < 4.78 is 0. The Morgan fingerprint density at radius 2 is 1.92 bits per heavy atom. The number of aliphatic carboxylic acids is 1. The van der Waals surface area contributed by atoms with Gasteiger partial charge in [-0.15, -0.1) is 0 Å². The number of fused-ring (bicyclic) bond motifs is 1. The topological polar surface area (TPSA) is 114 Å². The van der Waals surface area contributed by atoms with Gasteiger partial charge in [-0.1, -0.05) is 57.6 Å². The molecule has 6 heteroatoms. The highest BCUT2D eigenvalue weighted by molar-refractivity contribution is 5.70. The average Bonchev–Trinajstić information content (AvgIpc) is 3.54. The first-order chi connectivity index (χ1) is 18.8. The van der Waals surface area contributed by atoms with E-state index >= 15 is 0 Å². The number of carboxylic acids is 1. The summed E-state index contributed by atoms with van der Waals surface area (Å²) in [5.41, 5.74) is 0.495. The number of rotatable bonds is 15. The van der Waals surface area contributed by atoms with Crippen LogP contribution in [0.25, 0.3) is 0 Å². The van der Waals surface area contributed by atoms with Gasteiger partial charge in [0, 0.05) is 18.3 Å². The van der Waals surface area contributed by atoms with Gasteiger partial charge < -0.3 is 25.4 Å². The van der Waals surface area contributed by atoms with Crippen LogP contribution in [0.2, 0.25) is 0 Å². The van der Waals surface area contributed by atoms with Gasteiger partial charge in [-0.2, -0.15) is 0 Å². The van der Waals surface area contributed by atoms with Crippen LogP contribution in [-0.2, 0) is 11.2 Å². The molecule has 6 nitrogen and oxygen atoms in total. The quantitative estimate of drug-likeness (QED) is 0.132. The number of carboxylic acid groups (broad SMARTS) is 1. The Hall–Kier alpha value is -1.63. The van der Waals surface area contributed by atoms with Gasteiger partial charge in [0.2, 0.25) is 0 Å². The van der Waals surface area contributed by atoms with E-state index in [0.29, 0.717) is 24.7 Å². The molecule has 0 bridgehead atoms. The van der Waals surface area contributed by atoms with Gasteiger partial charge in [-0.05, 0) is 99.5 Å². The van der Waals surface area contributed by atoms with E-state index in [9.17, 15) is 25.2 Å². The SMILES string of the molecule is CCCCCC1C=CC(CCCCCC(C(=O)O)C(O)C2CCC3C(Cc4cc[nH]c4)CCC3(O)C2)C(O)C1. The predicted molar refractivity (Wildman–Crippen MR) is 154 cm³/mol. The molecule has 1 aromatic heterocycles. The fourth-order valence-corrected chi connectivity index (χ4v) is 8.13. The van der Waals surface area contributed by atoms with Crippen molar-refractivity contribution in [1.29, 1.82) is 0 Å². The van der Waals surface area contributed by atoms with Crippen molar-refractivity contribution >= 4 is 5.97 Å². The Bertz CT molecular complexity index is 900. The lowest BCUT2D eigenvalue weighted by atomic mass is 9.66. The molecule has 0 spiro atoms. The van der Waals surface area contributed by atoms with Gasteiger partial charge in [0.15, 0.2) is 0 Å². The molecule has 0 saturated heterocycles. The number of H-pyrrole nitrogens is 1. The van der Waals surface area contributed by atoms with Crippen molar-refractivity contribution in [3.05, 3.63) is 36.2 Å². The minimum absolute atomic E-state index is 0.161. The summed E-state index contributed by atoms with van der Waals surface area (Å²) in [4.78, 5) is 15.2. The van der Waals surface area contributed by atoms with E-state index in [4.69, 9.17) is 0 Å². The van der Waals surface area contributed by atoms with Gasteiger partial charge in [-0.3, -0.25) is 4.79 Å². The van der Waals surface area contributed by atoms with E-state index in [1.54, 1.807) is 0 Å². The van der Waals surface area contributed by atoms with Crippen molar-refractivity contribution in [1.82, 2.24) is 4.98 Å². The number of aliphatic hydroxyl groups excluding tert-OH is 2. The summed E-state index contributed by atoms with van der Waals surface area (Å²) in [5.74, 6) is -0.478. The van der Waals surface area contributed by atoms with Crippen LogP contribution in [-0.4, -0.2) is 49.2 Å². The fourth-order valence-electron chi connectivity index (χ4n) is 8.13. The fraction of sp³-hybridized carbons (Fsp3) is 0.788. The first kappa shape index (κ1) is 30.3. The van der Waals surface area contributed by atoms with Gasteiger partial charge in [0.05, 0.1) is 23.7 Å². The normalized spacial score (nSPS) is 34.1. The van der Waals surface area contributed by atoms with Crippen molar-refractivity contribution in [2.45, 2.75) is 127 Å². The van der Waals surface area contributed by atoms with E-state index in [1.807, 2.05) is 12.4 Å². The molecule has 0 radical (unpaired) electrons. The van der Waals surface area contributed by atoms with Crippen molar-refractivity contribution in [3.8, 4) is 0 Å². The number of carbonyl (C=O) groups is 1. The molecule has 39 heavy (non-hydrogen) atoms. The number of aliphatic hydroxyl groups is 3. The second-order valence-corrected chi connectivity index (χ2v) is 13.2. The highest BCUT2D eigenvalue weighted by Gasteiger charge is 2.52. The third-order valence-electron chi connectivity index (χ3n) is 10.4. The molecule has 5 N–H and O–H groups in total. The molecule has 0 aliphatic heterocycles. The zero-order valence-electron chi connectivity index (χ0n) is 24.0. The van der Waals surface area contributed by atoms with Crippen LogP contribution < -0.4 is 0 Å². The summed E-state index contributed by atoms with van der Waals surface area (Å²) in [5, 5.41) is 43.2. The Labute approximate surface area is 235 Å². The number of aromatic nitrogens is 1. The highest BCUT2D eigenvalue weighted by atomic mass is 16.4. The van der Waals surface area contributed by atoms with E-state index in [2.05, 4.69) is 30.1 Å². The number of aromatic amines is 1. The monoisotopic (exact) mass is 543 g/mol. The molecule has 1 aromatic rings. The Balaban J connectivity index is 1.19. The van der Waals surface area contributed by atoms with Gasteiger partial charge in [-0.25, -0.2) is 0 Å². The third kappa shape index (κ3) is 7.98. The minimum atomic E-state index is -0.923. The maximum atomic E-state index is 12.1. The predicted octanol–water partition coefficient (Wildman–Crippen LogP) is 6.26. The smallest absolute Gasteiger partial charge is 0.309 e. The molecule has 9 unspecified atom stereocenters. The van der Waals surface area contributed by atoms with Crippen molar-refractivity contribution in [3.63, 3.8) is 0 Å². The van der Waals surface area contributed by atoms with Crippen LogP contribution in [0.15, 0.2) is 30.6 Å². The molecule has 0 aromatic carbocycles. The second kappa shape index (κ2) is 14.3. The van der Waals surface area contributed by atoms with Gasteiger partial charge in [0.1, 0.15) is 0 Å². The van der Waals surface area contributed by atoms with Crippen LogP contribution in [0.1, 0.15) is 109 Å². The summed E-state index contributed by atoms with van der Waals surface area (Å²) in [6.45, 7) is 2.22. The summed E-state index contributed by atoms with van der Waals surface area (Å²) >= 11 is 0. The number of hydrogen-bond donors (Lipinski definition) is 5. The summed E-state index contributed by atoms with van der Waals surface area (Å²) in [6, 6.07) is 2.10. The van der Waals surface area contributed by atoms with Crippen LogP contribution in [0.3, 0.4) is 0 Å². The number of allylic oxidation sites excluding steroid dienone is 1. The summed E-state index contributed by atoms with van der Waals surface area (Å²) in [6.07, 6.45) is 21.9. The van der Waals surface area contributed by atoms with Crippen molar-refractivity contribution in [2.24, 2.45) is 35.5 Å². The largest absolute Gasteiger partial charge is 0.481 e. The Morgan fingerprint density at radius 1 is 1.10 bits per heavy atom. The third-order valence-corrected chi connectivity index (χ3v) is 10.4. The maximum Gasteiger partial charge on any atom is 0.309 e. The molecule has 9 atom stereocenters. The molecule has 3 aliphatic carbocycles. The first-order valence-corrected chi connectivity index (χ1v) is 15.9. The molecule has 220 valence electrons. The van der Waals surface area contributed by atoms with Gasteiger partial charge >= 0.3 is 5.97 Å². The zero-order valence-corrected chi connectivity index (χ0v) is 24.0. The van der Waals surface area contributed by atoms with E-state index < -0.39 is 23.6 Å². The van der Waals surface area contributed by atoms with Gasteiger partial charge in [0.25, 0.3) is 0 Å². The summed E-state index contributed by atoms with van der Waals surface area (Å²) in [7, 11) is 0. The van der Waals surface area contributed by atoms with E-state index in [-0.39, 0.29) is 23.9 Å². The zero-order chi connectivity index (χ0) is 27.8. The lowest BCUT2D eigenvalue weighted by Crippen LogP contribution is -2.46. The molecule has 4 rings (SSSR count). The highest BCUT2D eigenvalue weighted by Crippen LogP contribution is 2.52. The molecule has 3 aliphatic rings. The molecule has 2 saturated carbocycles. The lowest BCUT2D eigenvalue weighted by Gasteiger charge is -2.43. The number of unbranched alkanes of at least 4 members (excludes halogenated alkanes) is 4. The molecular formula is C33H53NO5. The molecule has 2 fully saturated rings. The first-order valence-electron chi connectivity index (χ1n) is 15.9. The Morgan fingerprint density at radius 3 is 2.64 bits per heavy atom. The molecule has 1 heterocycles. The maximum absolute atomic E-state index is 12.1. The van der Waals surface area contributed by atoms with Crippen molar-refractivity contribution in [2.75, 3.05) is 0 Å². The minimum Gasteiger partial charge on any atom is -0.481 e. The number of nitrogens with one attached hydrogen (secondary N) is 1. The van der Waals surface area contributed by atoms with E-state index in [0.717, 1.165) is 64.2 Å². The second-order valence-electron chi connectivity index (χ2n) is 13.2.